The molecule has 0 aromatic carbocycles. The number of aliphatic hydroxyl groups is 4. The Morgan fingerprint density at radius 2 is 0.485 bits per heavy atom. The van der Waals surface area contributed by atoms with Gasteiger partial charge >= 0.3 is 0 Å². The molecule has 0 aliphatic rings. The summed E-state index contributed by atoms with van der Waals surface area (Å²) in [7, 11) is 0. The topological polar surface area (TPSA) is 80.9 Å². The Bertz CT molecular complexity index is 229. The zero-order valence-electron chi connectivity index (χ0n) is 23.9. The summed E-state index contributed by atoms with van der Waals surface area (Å²) >= 11 is 0. The van der Waals surface area contributed by atoms with Crippen molar-refractivity contribution in [1.82, 2.24) is 0 Å². The van der Waals surface area contributed by atoms with Gasteiger partial charge in [-0.1, -0.05) is 107 Å². The first-order valence-corrected chi connectivity index (χ1v) is 13.5. The minimum absolute atomic E-state index is 0. The molecule has 0 saturated heterocycles. The molecule has 0 heterocycles. The normalized spacial score (nSPS) is 10.2. The molecule has 0 aliphatic heterocycles. The van der Waals surface area contributed by atoms with E-state index in [0.29, 0.717) is 26.4 Å². The fraction of sp³-hybridized carbons (Fsp3) is 1.00. The Hall–Kier alpha value is 0.554. The van der Waals surface area contributed by atoms with Gasteiger partial charge in [-0.05, 0) is 49.4 Å². The van der Waals surface area contributed by atoms with Gasteiger partial charge in [-0.25, -0.2) is 0 Å². The van der Waals surface area contributed by atoms with Gasteiger partial charge in [0, 0.05) is 48.1 Å². The summed E-state index contributed by atoms with van der Waals surface area (Å²) in [6, 6.07) is 0. The summed E-state index contributed by atoms with van der Waals surface area (Å²) in [5.74, 6) is 3.17. The SMILES string of the molecule is CC(C)CCCCO.CC(C)CCCCO.CC(C)CCCCO.CC(C)CCCCO.[Ti]. The summed E-state index contributed by atoms with van der Waals surface area (Å²) < 4.78 is 0. The molecular formula is C28H64O4Ti. The second-order valence-corrected chi connectivity index (χ2v) is 10.5. The van der Waals surface area contributed by atoms with Crippen LogP contribution in [0.1, 0.15) is 132 Å². The molecule has 0 amide bonds. The van der Waals surface area contributed by atoms with E-state index < -0.39 is 0 Å². The van der Waals surface area contributed by atoms with Crippen LogP contribution in [0.25, 0.3) is 0 Å². The minimum atomic E-state index is 0. The fourth-order valence-corrected chi connectivity index (χ4v) is 2.66. The molecule has 0 aliphatic carbocycles. The molecule has 0 aromatic heterocycles. The van der Waals surface area contributed by atoms with Crippen molar-refractivity contribution in [3.05, 3.63) is 0 Å². The third-order valence-corrected chi connectivity index (χ3v) is 4.76. The zero-order chi connectivity index (χ0) is 25.6. The van der Waals surface area contributed by atoms with Crippen LogP contribution in [0.5, 0.6) is 0 Å². The summed E-state index contributed by atoms with van der Waals surface area (Å²) in [6.45, 7) is 19.1. The van der Waals surface area contributed by atoms with E-state index in [-0.39, 0.29) is 21.7 Å². The van der Waals surface area contributed by atoms with Gasteiger partial charge in [-0.15, -0.1) is 0 Å². The van der Waals surface area contributed by atoms with Gasteiger partial charge in [0.1, 0.15) is 0 Å². The average Bonchev–Trinajstić information content (AvgIpc) is 2.69. The molecule has 0 bridgehead atoms. The second kappa shape index (κ2) is 39.8. The van der Waals surface area contributed by atoms with Gasteiger partial charge < -0.3 is 20.4 Å². The maximum Gasteiger partial charge on any atom is 0.0431 e. The third kappa shape index (κ3) is 71.9. The van der Waals surface area contributed by atoms with E-state index >= 15 is 0 Å². The molecule has 0 atom stereocenters. The Labute approximate surface area is 224 Å². The van der Waals surface area contributed by atoms with E-state index in [2.05, 4.69) is 55.4 Å². The van der Waals surface area contributed by atoms with Crippen LogP contribution >= 0.6 is 0 Å². The van der Waals surface area contributed by atoms with Gasteiger partial charge in [0.15, 0.2) is 0 Å². The molecule has 0 spiro atoms. The van der Waals surface area contributed by atoms with Crippen molar-refractivity contribution in [2.45, 2.75) is 132 Å². The van der Waals surface area contributed by atoms with Crippen molar-refractivity contribution in [3.63, 3.8) is 0 Å². The van der Waals surface area contributed by atoms with E-state index in [1.807, 2.05) is 0 Å². The van der Waals surface area contributed by atoms with Crippen LogP contribution < -0.4 is 0 Å². The molecule has 0 radical (unpaired) electrons. The van der Waals surface area contributed by atoms with Crippen LogP contribution in [0.4, 0.5) is 0 Å². The van der Waals surface area contributed by atoms with E-state index in [4.69, 9.17) is 20.4 Å². The van der Waals surface area contributed by atoms with Gasteiger partial charge in [0.2, 0.25) is 0 Å². The Morgan fingerprint density at radius 3 is 0.576 bits per heavy atom. The Kier molecular flexibility index (Phi) is 52.5. The molecular weight excluding hydrogens is 448 g/mol. The maximum absolute atomic E-state index is 8.38. The van der Waals surface area contributed by atoms with Gasteiger partial charge in [-0.2, -0.15) is 0 Å². The third-order valence-electron chi connectivity index (χ3n) is 4.76. The van der Waals surface area contributed by atoms with E-state index in [1.165, 1.54) is 51.4 Å². The van der Waals surface area contributed by atoms with Gasteiger partial charge in [0.25, 0.3) is 0 Å². The van der Waals surface area contributed by atoms with Crippen LogP contribution in [-0.4, -0.2) is 46.9 Å². The number of hydrogen-bond donors (Lipinski definition) is 4. The smallest absolute Gasteiger partial charge is 0.0431 e. The fourth-order valence-electron chi connectivity index (χ4n) is 2.66. The van der Waals surface area contributed by atoms with Crippen LogP contribution in [0.2, 0.25) is 0 Å². The summed E-state index contributed by atoms with van der Waals surface area (Å²) in [4.78, 5) is 0. The quantitative estimate of drug-likeness (QED) is 0.130. The zero-order valence-corrected chi connectivity index (χ0v) is 25.5. The number of aliphatic hydroxyl groups excluding tert-OH is 4. The molecule has 33 heavy (non-hydrogen) atoms. The van der Waals surface area contributed by atoms with E-state index in [0.717, 1.165) is 49.4 Å². The van der Waals surface area contributed by atoms with Crippen LogP contribution in [-0.2, 0) is 21.7 Å². The van der Waals surface area contributed by atoms with Crippen molar-refractivity contribution in [1.29, 1.82) is 0 Å². The van der Waals surface area contributed by atoms with E-state index in [1.54, 1.807) is 0 Å². The van der Waals surface area contributed by atoms with Crippen LogP contribution in [0, 0.1) is 23.7 Å². The molecule has 0 unspecified atom stereocenters. The predicted octanol–water partition coefficient (Wildman–Crippen LogP) is 7.22. The van der Waals surface area contributed by atoms with Crippen LogP contribution in [0.3, 0.4) is 0 Å². The number of hydrogen-bond acceptors (Lipinski definition) is 4. The standard InChI is InChI=1S/4C7H16O.Ti/c4*1-7(2)5-3-4-6-8;/h4*7-8H,3-6H2,1-2H3;. The first-order chi connectivity index (χ1) is 15.1. The molecule has 204 valence electrons. The summed E-state index contributed by atoms with van der Waals surface area (Å²) in [5, 5.41) is 33.5. The van der Waals surface area contributed by atoms with Crippen molar-refractivity contribution >= 4 is 0 Å². The van der Waals surface area contributed by atoms with Gasteiger partial charge in [-0.3, -0.25) is 0 Å². The Balaban J connectivity index is -0.000000105. The molecule has 0 aromatic rings. The predicted molar refractivity (Wildman–Crippen MR) is 143 cm³/mol. The van der Waals surface area contributed by atoms with Gasteiger partial charge in [0.05, 0.1) is 0 Å². The largest absolute Gasteiger partial charge is 0.396 e. The number of rotatable bonds is 16. The molecule has 0 fully saturated rings. The summed E-state index contributed by atoms with van der Waals surface area (Å²) in [6.07, 6.45) is 13.6. The average molecular weight is 513 g/mol. The first-order valence-electron chi connectivity index (χ1n) is 13.5. The minimum Gasteiger partial charge on any atom is -0.396 e. The molecule has 4 N–H and O–H groups in total. The molecule has 0 rings (SSSR count). The van der Waals surface area contributed by atoms with Crippen molar-refractivity contribution in [3.8, 4) is 0 Å². The van der Waals surface area contributed by atoms with Crippen LogP contribution in [0.15, 0.2) is 0 Å². The molecule has 0 saturated carbocycles. The van der Waals surface area contributed by atoms with E-state index in [9.17, 15) is 0 Å². The second-order valence-electron chi connectivity index (χ2n) is 10.5. The molecule has 4 nitrogen and oxygen atoms in total. The monoisotopic (exact) mass is 512 g/mol. The Morgan fingerprint density at radius 1 is 0.333 bits per heavy atom. The number of unbranched alkanes of at least 4 members (excludes halogenated alkanes) is 4. The van der Waals surface area contributed by atoms with Crippen molar-refractivity contribution < 1.29 is 42.1 Å². The van der Waals surface area contributed by atoms with Crippen molar-refractivity contribution in [2.75, 3.05) is 26.4 Å². The summed E-state index contributed by atoms with van der Waals surface area (Å²) in [5.41, 5.74) is 0. The van der Waals surface area contributed by atoms with Crippen molar-refractivity contribution in [2.24, 2.45) is 23.7 Å². The first kappa shape index (κ1) is 43.6. The maximum atomic E-state index is 8.38. The molecule has 5 heteroatoms.